The summed E-state index contributed by atoms with van der Waals surface area (Å²) in [6.45, 7) is 2.14. The molecule has 1 aromatic carbocycles. The van der Waals surface area contributed by atoms with Gasteiger partial charge in [-0.05, 0) is 34.5 Å². The summed E-state index contributed by atoms with van der Waals surface area (Å²) in [5.74, 6) is 0. The molecule has 0 amide bonds. The molecule has 1 aromatic heterocycles. The summed E-state index contributed by atoms with van der Waals surface area (Å²) < 4.78 is 28.0. The summed E-state index contributed by atoms with van der Waals surface area (Å²) in [6.07, 6.45) is 0. The Hall–Kier alpha value is -0.730. The van der Waals surface area contributed by atoms with Crippen LogP contribution < -0.4 is 10.5 Å². The highest BCUT2D eigenvalue weighted by molar-refractivity contribution is 9.11. The predicted molar refractivity (Wildman–Crippen MR) is 85.1 cm³/mol. The number of hydrogen-bond donors (Lipinski definition) is 2. The Labute approximate surface area is 131 Å². The van der Waals surface area contributed by atoms with E-state index in [-0.39, 0.29) is 10.9 Å². The van der Waals surface area contributed by atoms with Crippen molar-refractivity contribution in [3.05, 3.63) is 50.6 Å². The first-order chi connectivity index (χ1) is 9.44. The number of nitrogens with one attached hydrogen (secondary N) is 1. The van der Waals surface area contributed by atoms with Crippen LogP contribution in [0.25, 0.3) is 0 Å². The molecule has 2 aromatic rings. The smallest absolute Gasteiger partial charge is 0.243 e. The molecular weight excluding hydrogens is 360 g/mol. The number of sulfonamides is 1. The minimum atomic E-state index is -3.57. The molecule has 4 nitrogen and oxygen atoms in total. The van der Waals surface area contributed by atoms with Gasteiger partial charge >= 0.3 is 0 Å². The lowest BCUT2D eigenvalue weighted by molar-refractivity contribution is 0.567. The quantitative estimate of drug-likeness (QED) is 0.844. The zero-order chi connectivity index (χ0) is 14.8. The van der Waals surface area contributed by atoms with Crippen molar-refractivity contribution in [3.8, 4) is 0 Å². The lowest BCUT2D eigenvalue weighted by atomic mass is 10.1. The molecule has 1 atom stereocenters. The van der Waals surface area contributed by atoms with E-state index in [1.54, 1.807) is 6.07 Å². The van der Waals surface area contributed by atoms with Gasteiger partial charge in [0.15, 0.2) is 0 Å². The molecule has 0 bridgehead atoms. The molecule has 0 aliphatic carbocycles. The molecule has 1 heterocycles. The van der Waals surface area contributed by atoms with Crippen molar-refractivity contribution in [3.63, 3.8) is 0 Å². The summed E-state index contributed by atoms with van der Waals surface area (Å²) >= 11 is 4.62. The van der Waals surface area contributed by atoms with Gasteiger partial charge in [-0.2, -0.15) is 0 Å². The van der Waals surface area contributed by atoms with Gasteiger partial charge in [0, 0.05) is 17.5 Å². The molecule has 3 N–H and O–H groups in total. The average molecular weight is 375 g/mol. The topological polar surface area (TPSA) is 72.2 Å². The Bertz CT molecular complexity index is 684. The fourth-order valence-corrected chi connectivity index (χ4v) is 5.58. The summed E-state index contributed by atoms with van der Waals surface area (Å²) in [4.78, 5) is 1.07. The highest BCUT2D eigenvalue weighted by atomic mass is 79.9. The van der Waals surface area contributed by atoms with E-state index in [0.717, 1.165) is 10.4 Å². The van der Waals surface area contributed by atoms with Gasteiger partial charge in [0.1, 0.15) is 4.90 Å². The van der Waals surface area contributed by atoms with Crippen molar-refractivity contribution in [2.75, 3.05) is 0 Å². The highest BCUT2D eigenvalue weighted by Gasteiger charge is 2.23. The molecule has 0 aliphatic heterocycles. The van der Waals surface area contributed by atoms with Gasteiger partial charge in [-0.25, -0.2) is 13.1 Å². The first-order valence-corrected chi connectivity index (χ1v) is 9.09. The third kappa shape index (κ3) is 3.48. The maximum absolute atomic E-state index is 12.4. The summed E-state index contributed by atoms with van der Waals surface area (Å²) in [5.41, 5.74) is 6.46. The van der Waals surface area contributed by atoms with Crippen LogP contribution in [0, 0.1) is 0 Å². The standard InChI is InChI=1S/C13H15BrN2O2S2/c1-9(10-5-3-2-4-6-10)16-20(17,18)12-7-11(8-15)19-13(12)14/h2-7,9,16H,8,15H2,1H3. The molecule has 7 heteroatoms. The second-order valence-electron chi connectivity index (χ2n) is 4.31. The van der Waals surface area contributed by atoms with E-state index >= 15 is 0 Å². The SMILES string of the molecule is CC(NS(=O)(=O)c1cc(CN)sc1Br)c1ccccc1. The fourth-order valence-electron chi connectivity index (χ4n) is 1.79. The van der Waals surface area contributed by atoms with Crippen molar-refractivity contribution in [2.45, 2.75) is 24.4 Å². The Morgan fingerprint density at radius 1 is 1.35 bits per heavy atom. The van der Waals surface area contributed by atoms with Crippen LogP contribution in [0.1, 0.15) is 23.4 Å². The maximum Gasteiger partial charge on any atom is 0.243 e. The van der Waals surface area contributed by atoms with E-state index in [0.29, 0.717) is 10.3 Å². The molecule has 0 radical (unpaired) electrons. The van der Waals surface area contributed by atoms with Gasteiger partial charge in [0.05, 0.1) is 3.79 Å². The number of hydrogen-bond acceptors (Lipinski definition) is 4. The minimum Gasteiger partial charge on any atom is -0.326 e. The number of benzene rings is 1. The average Bonchev–Trinajstić information content (AvgIpc) is 2.81. The van der Waals surface area contributed by atoms with Gasteiger partial charge in [-0.15, -0.1) is 11.3 Å². The monoisotopic (exact) mass is 374 g/mol. The van der Waals surface area contributed by atoms with Gasteiger partial charge in [-0.3, -0.25) is 0 Å². The van der Waals surface area contributed by atoms with Crippen LogP contribution in [0.2, 0.25) is 0 Å². The number of thiophene rings is 1. The second-order valence-corrected chi connectivity index (χ2v) is 8.45. The lowest BCUT2D eigenvalue weighted by Crippen LogP contribution is -2.26. The molecule has 2 rings (SSSR count). The van der Waals surface area contributed by atoms with Crippen LogP contribution in [0.15, 0.2) is 45.1 Å². The molecular formula is C13H15BrN2O2S2. The summed E-state index contributed by atoms with van der Waals surface area (Å²) in [5, 5.41) is 0. The normalized spacial score (nSPS) is 13.3. The van der Waals surface area contributed by atoms with E-state index < -0.39 is 10.0 Å². The van der Waals surface area contributed by atoms with Crippen LogP contribution in [-0.2, 0) is 16.6 Å². The van der Waals surface area contributed by atoms with Crippen molar-refractivity contribution >= 4 is 37.3 Å². The largest absolute Gasteiger partial charge is 0.326 e. The van der Waals surface area contributed by atoms with Gasteiger partial charge in [0.25, 0.3) is 0 Å². The first kappa shape index (κ1) is 15.7. The van der Waals surface area contributed by atoms with Crippen LogP contribution in [0.3, 0.4) is 0 Å². The fraction of sp³-hybridized carbons (Fsp3) is 0.231. The van der Waals surface area contributed by atoms with Gasteiger partial charge in [0.2, 0.25) is 10.0 Å². The molecule has 0 saturated heterocycles. The minimum absolute atomic E-state index is 0.241. The van der Waals surface area contributed by atoms with E-state index in [9.17, 15) is 8.42 Å². The van der Waals surface area contributed by atoms with Crippen LogP contribution in [0.4, 0.5) is 0 Å². The van der Waals surface area contributed by atoms with Crippen LogP contribution >= 0.6 is 27.3 Å². The zero-order valence-electron chi connectivity index (χ0n) is 10.8. The summed E-state index contributed by atoms with van der Waals surface area (Å²) in [7, 11) is -3.57. The summed E-state index contributed by atoms with van der Waals surface area (Å²) in [6, 6.07) is 10.7. The van der Waals surface area contributed by atoms with Crippen molar-refractivity contribution < 1.29 is 8.42 Å². The maximum atomic E-state index is 12.4. The molecule has 0 fully saturated rings. The third-order valence-corrected chi connectivity index (χ3v) is 6.64. The van der Waals surface area contributed by atoms with E-state index in [1.165, 1.54) is 11.3 Å². The molecule has 0 saturated carbocycles. The Balaban J connectivity index is 2.25. The van der Waals surface area contributed by atoms with Crippen molar-refractivity contribution in [1.29, 1.82) is 0 Å². The first-order valence-electron chi connectivity index (χ1n) is 5.99. The molecule has 0 aliphatic rings. The third-order valence-electron chi connectivity index (χ3n) is 2.83. The molecule has 0 spiro atoms. The van der Waals surface area contributed by atoms with Crippen LogP contribution in [-0.4, -0.2) is 8.42 Å². The zero-order valence-corrected chi connectivity index (χ0v) is 14.1. The Morgan fingerprint density at radius 3 is 2.55 bits per heavy atom. The second kappa shape index (κ2) is 6.36. The van der Waals surface area contributed by atoms with E-state index in [2.05, 4.69) is 20.7 Å². The van der Waals surface area contributed by atoms with Crippen molar-refractivity contribution in [2.24, 2.45) is 5.73 Å². The van der Waals surface area contributed by atoms with E-state index in [4.69, 9.17) is 5.73 Å². The van der Waals surface area contributed by atoms with E-state index in [1.807, 2.05) is 37.3 Å². The Kier molecular flexibility index (Phi) is 4.98. The van der Waals surface area contributed by atoms with Crippen LogP contribution in [0.5, 0.6) is 0 Å². The highest BCUT2D eigenvalue weighted by Crippen LogP contribution is 2.32. The number of rotatable bonds is 5. The molecule has 20 heavy (non-hydrogen) atoms. The lowest BCUT2D eigenvalue weighted by Gasteiger charge is -2.14. The number of nitrogens with two attached hydrogens (primary N) is 1. The molecule has 108 valence electrons. The van der Waals surface area contributed by atoms with Gasteiger partial charge < -0.3 is 5.73 Å². The number of halogens is 1. The predicted octanol–water partition coefficient (Wildman–Crippen LogP) is 3.01. The Morgan fingerprint density at radius 2 is 2.00 bits per heavy atom. The molecule has 1 unspecified atom stereocenters. The van der Waals surface area contributed by atoms with Crippen molar-refractivity contribution in [1.82, 2.24) is 4.72 Å². The van der Waals surface area contributed by atoms with Gasteiger partial charge in [-0.1, -0.05) is 30.3 Å².